The van der Waals surface area contributed by atoms with Crippen LogP contribution in [-0.4, -0.2) is 35.0 Å². The van der Waals surface area contributed by atoms with Gasteiger partial charge in [0.05, 0.1) is 5.56 Å². The highest BCUT2D eigenvalue weighted by atomic mass is 16.1. The van der Waals surface area contributed by atoms with Gasteiger partial charge in [0.15, 0.2) is 0 Å². The summed E-state index contributed by atoms with van der Waals surface area (Å²) in [5.74, 6) is 0.461. The number of nitrogens with zero attached hydrogens (tertiary/aromatic N) is 2. The highest BCUT2D eigenvalue weighted by molar-refractivity contribution is 5.71. The summed E-state index contributed by atoms with van der Waals surface area (Å²) in [5, 5.41) is 3.47. The van der Waals surface area contributed by atoms with E-state index in [4.69, 9.17) is 5.73 Å². The molecule has 4 N–H and O–H groups in total. The molecule has 2 aliphatic rings. The van der Waals surface area contributed by atoms with Crippen molar-refractivity contribution < 1.29 is 0 Å². The van der Waals surface area contributed by atoms with E-state index in [9.17, 15) is 4.79 Å². The fourth-order valence-corrected chi connectivity index (χ4v) is 4.66. The Labute approximate surface area is 187 Å². The molecule has 3 aromatic rings. The van der Waals surface area contributed by atoms with Crippen LogP contribution in [0.5, 0.6) is 0 Å². The van der Waals surface area contributed by atoms with E-state index < -0.39 is 0 Å². The molecular weight excluding hydrogens is 398 g/mol. The minimum Gasteiger partial charge on any atom is -0.369 e. The van der Waals surface area contributed by atoms with Crippen LogP contribution in [0.4, 0.5) is 11.8 Å². The van der Waals surface area contributed by atoms with Gasteiger partial charge in [-0.2, -0.15) is 4.98 Å². The van der Waals surface area contributed by atoms with Crippen molar-refractivity contribution in [2.45, 2.75) is 19.8 Å². The van der Waals surface area contributed by atoms with Crippen LogP contribution in [-0.2, 0) is 0 Å². The summed E-state index contributed by atoms with van der Waals surface area (Å²) in [7, 11) is 2.11. The predicted octanol–water partition coefficient (Wildman–Crippen LogP) is 3.81. The highest BCUT2D eigenvalue weighted by Gasteiger charge is 2.36. The number of H-pyrrole nitrogens is 1. The molecule has 1 aromatic heterocycles. The van der Waals surface area contributed by atoms with Gasteiger partial charge in [0.25, 0.3) is 5.56 Å². The first-order chi connectivity index (χ1) is 15.4. The maximum atomic E-state index is 13.0. The lowest BCUT2D eigenvalue weighted by molar-refractivity contribution is 0.375. The Morgan fingerprint density at radius 1 is 1.03 bits per heavy atom. The molecule has 1 unspecified atom stereocenters. The summed E-state index contributed by atoms with van der Waals surface area (Å²) in [6.45, 7) is 5.71. The topological polar surface area (TPSA) is 87.0 Å². The molecule has 6 nitrogen and oxygen atoms in total. The molecule has 3 heterocycles. The molecule has 0 amide bonds. The zero-order valence-electron chi connectivity index (χ0n) is 18.6. The third kappa shape index (κ3) is 3.63. The first kappa shape index (κ1) is 20.3. The van der Waals surface area contributed by atoms with Crippen LogP contribution in [0.2, 0.25) is 0 Å². The number of nitrogens with one attached hydrogen (secondary N) is 2. The number of aromatic amines is 1. The van der Waals surface area contributed by atoms with Crippen molar-refractivity contribution in [1.82, 2.24) is 14.9 Å². The van der Waals surface area contributed by atoms with Gasteiger partial charge in [0, 0.05) is 24.7 Å². The highest BCUT2D eigenvalue weighted by Crippen LogP contribution is 2.43. The van der Waals surface area contributed by atoms with Crippen molar-refractivity contribution in [3.63, 3.8) is 0 Å². The summed E-state index contributed by atoms with van der Waals surface area (Å²) >= 11 is 0. The average Bonchev–Trinajstić information content (AvgIpc) is 2.75. The lowest BCUT2D eigenvalue weighted by Crippen LogP contribution is -2.38. The maximum absolute atomic E-state index is 13.0. The molecule has 2 aromatic carbocycles. The fraction of sp³-hybridized carbons (Fsp3) is 0.231. The molecule has 0 saturated carbocycles. The monoisotopic (exact) mass is 425 g/mol. The minimum atomic E-state index is -0.200. The Kier molecular flexibility index (Phi) is 4.94. The zero-order valence-corrected chi connectivity index (χ0v) is 18.6. The molecule has 0 saturated heterocycles. The molecule has 0 radical (unpaired) electrons. The van der Waals surface area contributed by atoms with Gasteiger partial charge in [0.1, 0.15) is 5.82 Å². The maximum Gasteiger partial charge on any atom is 0.258 e. The predicted molar refractivity (Wildman–Crippen MR) is 130 cm³/mol. The van der Waals surface area contributed by atoms with Gasteiger partial charge in [-0.15, -0.1) is 0 Å². The van der Waals surface area contributed by atoms with E-state index in [1.165, 1.54) is 22.3 Å². The van der Waals surface area contributed by atoms with Crippen LogP contribution >= 0.6 is 0 Å². The Bertz CT molecular complexity index is 1300. The van der Waals surface area contributed by atoms with Crippen LogP contribution in [0.25, 0.3) is 6.08 Å². The van der Waals surface area contributed by atoms with Crippen LogP contribution in [0, 0.1) is 13.8 Å². The molecule has 2 aliphatic heterocycles. The first-order valence-electron chi connectivity index (χ1n) is 10.8. The second-order valence-electron chi connectivity index (χ2n) is 8.83. The Hall–Kier alpha value is -3.64. The summed E-state index contributed by atoms with van der Waals surface area (Å²) in [5.41, 5.74) is 14.3. The molecule has 0 spiro atoms. The van der Waals surface area contributed by atoms with Crippen molar-refractivity contribution in [3.8, 4) is 0 Å². The van der Waals surface area contributed by atoms with Gasteiger partial charge in [-0.25, -0.2) is 0 Å². The SMILES string of the molecule is Cc1ccc(/C=C2/CN(C)CC3=C2Nc2nc(N)[nH]c(=O)c2C3c2ccc(C)cc2)cc1. The third-order valence-corrected chi connectivity index (χ3v) is 6.21. The molecule has 5 rings (SSSR count). The smallest absolute Gasteiger partial charge is 0.258 e. The van der Waals surface area contributed by atoms with E-state index in [2.05, 4.69) is 95.7 Å². The van der Waals surface area contributed by atoms with E-state index in [-0.39, 0.29) is 17.4 Å². The van der Waals surface area contributed by atoms with Gasteiger partial charge in [-0.3, -0.25) is 14.7 Å². The van der Waals surface area contributed by atoms with Crippen molar-refractivity contribution in [3.05, 3.63) is 104 Å². The second kappa shape index (κ2) is 7.80. The van der Waals surface area contributed by atoms with Crippen LogP contribution in [0.15, 0.2) is 70.2 Å². The number of likely N-dealkylation sites (N-methyl/N-ethyl adjacent to an activating group) is 1. The Balaban J connectivity index is 1.72. The van der Waals surface area contributed by atoms with Gasteiger partial charge in [-0.1, -0.05) is 59.7 Å². The standard InChI is InChI=1S/C26H27N5O/c1-15-4-8-17(9-5-15)12-19-13-31(3)14-20-21(18-10-6-16(2)7-11-18)22-24(28-23(19)20)29-26(27)30-25(22)32/h4-12,21H,13-14H2,1-3H3,(H4,27,28,29,30,32)/b19-12-. The number of hydrogen-bond acceptors (Lipinski definition) is 5. The molecule has 162 valence electrons. The van der Waals surface area contributed by atoms with Crippen LogP contribution < -0.4 is 16.6 Å². The molecule has 0 bridgehead atoms. The zero-order chi connectivity index (χ0) is 22.4. The molecule has 1 atom stereocenters. The number of fused-ring (bicyclic) bond motifs is 1. The Morgan fingerprint density at radius 3 is 2.38 bits per heavy atom. The molecule has 0 aliphatic carbocycles. The molecule has 0 fully saturated rings. The molecule has 32 heavy (non-hydrogen) atoms. The van der Waals surface area contributed by atoms with Crippen molar-refractivity contribution >= 4 is 17.8 Å². The number of benzene rings is 2. The summed E-state index contributed by atoms with van der Waals surface area (Å²) in [6, 6.07) is 16.9. The third-order valence-electron chi connectivity index (χ3n) is 6.21. The fourth-order valence-electron chi connectivity index (χ4n) is 4.66. The molecular formula is C26H27N5O. The van der Waals surface area contributed by atoms with Gasteiger partial charge in [0.2, 0.25) is 5.95 Å². The number of nitrogen functional groups attached to an aromatic ring is 1. The minimum absolute atomic E-state index is 0.116. The second-order valence-corrected chi connectivity index (χ2v) is 8.83. The normalized spacial score (nSPS) is 19.5. The van der Waals surface area contributed by atoms with Crippen molar-refractivity contribution in [1.29, 1.82) is 0 Å². The molecule has 6 heteroatoms. The van der Waals surface area contributed by atoms with Gasteiger partial charge < -0.3 is 11.1 Å². The van der Waals surface area contributed by atoms with Crippen LogP contribution in [0.1, 0.15) is 33.7 Å². The van der Waals surface area contributed by atoms with E-state index >= 15 is 0 Å². The number of anilines is 2. The first-order valence-corrected chi connectivity index (χ1v) is 10.8. The lowest BCUT2D eigenvalue weighted by Gasteiger charge is -2.38. The number of nitrogens with two attached hydrogens (primary N) is 1. The number of aromatic nitrogens is 2. The lowest BCUT2D eigenvalue weighted by atomic mass is 9.79. The van der Waals surface area contributed by atoms with Crippen molar-refractivity contribution in [2.75, 3.05) is 31.2 Å². The van der Waals surface area contributed by atoms with E-state index in [0.717, 1.165) is 29.9 Å². The van der Waals surface area contributed by atoms with Gasteiger partial charge >= 0.3 is 0 Å². The largest absolute Gasteiger partial charge is 0.369 e. The quantitative estimate of drug-likeness (QED) is 0.581. The summed E-state index contributed by atoms with van der Waals surface area (Å²) < 4.78 is 0. The number of rotatable bonds is 2. The van der Waals surface area contributed by atoms with Crippen molar-refractivity contribution in [2.24, 2.45) is 0 Å². The van der Waals surface area contributed by atoms with E-state index in [1.54, 1.807) is 0 Å². The summed E-state index contributed by atoms with van der Waals surface area (Å²) in [4.78, 5) is 22.5. The van der Waals surface area contributed by atoms with E-state index in [0.29, 0.717) is 11.4 Å². The number of aryl methyl sites for hydroxylation is 2. The van der Waals surface area contributed by atoms with Gasteiger partial charge in [-0.05, 0) is 49.2 Å². The van der Waals surface area contributed by atoms with Crippen LogP contribution in [0.3, 0.4) is 0 Å². The summed E-state index contributed by atoms with van der Waals surface area (Å²) in [6.07, 6.45) is 2.21. The average molecular weight is 426 g/mol. The Morgan fingerprint density at radius 2 is 1.69 bits per heavy atom. The number of hydrogen-bond donors (Lipinski definition) is 3. The van der Waals surface area contributed by atoms with E-state index in [1.807, 2.05) is 0 Å².